The third kappa shape index (κ3) is 4.36. The predicted octanol–water partition coefficient (Wildman–Crippen LogP) is 2.02. The van der Waals surface area contributed by atoms with Crippen molar-refractivity contribution in [1.29, 1.82) is 0 Å². The zero-order valence-electron chi connectivity index (χ0n) is 9.70. The van der Waals surface area contributed by atoms with Gasteiger partial charge in [0.05, 0.1) is 10.7 Å². The van der Waals surface area contributed by atoms with E-state index in [4.69, 9.17) is 17.3 Å². The summed E-state index contributed by atoms with van der Waals surface area (Å²) in [5.74, 6) is -0.345. The van der Waals surface area contributed by atoms with Crippen LogP contribution in [0.1, 0.15) is 13.8 Å². The molecular weight excluding hydrogens is 260 g/mol. The molecule has 0 aromatic heterocycles. The number of carbonyl (C=O) groups is 1. The summed E-state index contributed by atoms with van der Waals surface area (Å²) in [7, 11) is -1.17. The number of nitrogen functional groups attached to an aromatic ring is 1. The van der Waals surface area contributed by atoms with Crippen LogP contribution in [0, 0.1) is 0 Å². The van der Waals surface area contributed by atoms with E-state index < -0.39 is 10.8 Å². The number of halogens is 1. The molecule has 0 aliphatic carbocycles. The van der Waals surface area contributed by atoms with Crippen molar-refractivity contribution in [2.45, 2.75) is 19.1 Å². The first kappa shape index (κ1) is 14.0. The van der Waals surface area contributed by atoms with Gasteiger partial charge in [0.2, 0.25) is 5.91 Å². The number of anilines is 2. The van der Waals surface area contributed by atoms with Crippen molar-refractivity contribution in [3.8, 4) is 0 Å². The van der Waals surface area contributed by atoms with E-state index in [1.54, 1.807) is 32.0 Å². The van der Waals surface area contributed by atoms with E-state index in [2.05, 4.69) is 5.32 Å². The van der Waals surface area contributed by atoms with Crippen LogP contribution in [0.15, 0.2) is 18.2 Å². The summed E-state index contributed by atoms with van der Waals surface area (Å²) in [5.41, 5.74) is 6.54. The molecule has 94 valence electrons. The van der Waals surface area contributed by atoms with Gasteiger partial charge >= 0.3 is 0 Å². The zero-order valence-corrected chi connectivity index (χ0v) is 11.3. The van der Waals surface area contributed by atoms with Crippen LogP contribution in [0.25, 0.3) is 0 Å². The number of carbonyl (C=O) groups excluding carboxylic acids is 1. The maximum atomic E-state index is 11.6. The third-order valence-corrected chi connectivity index (χ3v) is 3.98. The predicted molar refractivity (Wildman–Crippen MR) is 72.6 cm³/mol. The largest absolute Gasteiger partial charge is 0.399 e. The van der Waals surface area contributed by atoms with Crippen LogP contribution in [0.2, 0.25) is 5.02 Å². The molecule has 0 aliphatic heterocycles. The van der Waals surface area contributed by atoms with Crippen LogP contribution >= 0.6 is 11.6 Å². The Balaban J connectivity index is 2.65. The summed E-state index contributed by atoms with van der Waals surface area (Å²) in [6, 6.07) is 4.81. The van der Waals surface area contributed by atoms with Crippen molar-refractivity contribution >= 4 is 39.7 Å². The van der Waals surface area contributed by atoms with Crippen LogP contribution in [0.3, 0.4) is 0 Å². The van der Waals surface area contributed by atoms with Gasteiger partial charge in [0, 0.05) is 21.7 Å². The minimum Gasteiger partial charge on any atom is -0.399 e. The highest BCUT2D eigenvalue weighted by Crippen LogP contribution is 2.23. The molecule has 0 saturated heterocycles. The Morgan fingerprint density at radius 3 is 2.71 bits per heavy atom. The fraction of sp³-hybridized carbons (Fsp3) is 0.364. The van der Waals surface area contributed by atoms with Gasteiger partial charge < -0.3 is 11.1 Å². The lowest BCUT2D eigenvalue weighted by Crippen LogP contribution is -2.23. The second-order valence-electron chi connectivity index (χ2n) is 3.86. The standard InChI is InChI=1S/C11H15ClN2O2S/c1-7(2)17(16)6-11(15)14-10-4-3-8(13)5-9(10)12/h3-5,7H,6,13H2,1-2H3,(H,14,15). The Kier molecular flexibility index (Phi) is 4.96. The Labute approximate surface area is 108 Å². The normalized spacial score (nSPS) is 12.5. The molecule has 1 unspecified atom stereocenters. The van der Waals surface area contributed by atoms with Gasteiger partial charge in [-0.2, -0.15) is 0 Å². The van der Waals surface area contributed by atoms with E-state index in [0.29, 0.717) is 16.4 Å². The zero-order chi connectivity index (χ0) is 13.0. The van der Waals surface area contributed by atoms with Crippen molar-refractivity contribution in [3.63, 3.8) is 0 Å². The maximum absolute atomic E-state index is 11.6. The molecule has 1 rings (SSSR count). The monoisotopic (exact) mass is 274 g/mol. The second-order valence-corrected chi connectivity index (χ2v) is 6.26. The van der Waals surface area contributed by atoms with Crippen LogP contribution in [0.5, 0.6) is 0 Å². The van der Waals surface area contributed by atoms with E-state index in [0.717, 1.165) is 0 Å². The summed E-state index contributed by atoms with van der Waals surface area (Å²) in [6.45, 7) is 3.61. The van der Waals surface area contributed by atoms with Gasteiger partial charge in [-0.25, -0.2) is 0 Å². The molecule has 4 nitrogen and oxygen atoms in total. The van der Waals surface area contributed by atoms with E-state index in [9.17, 15) is 9.00 Å². The fourth-order valence-corrected chi connectivity index (χ4v) is 2.02. The van der Waals surface area contributed by atoms with Gasteiger partial charge in [-0.05, 0) is 18.2 Å². The summed E-state index contributed by atoms with van der Waals surface area (Å²) in [4.78, 5) is 11.6. The number of hydrogen-bond donors (Lipinski definition) is 2. The number of hydrogen-bond acceptors (Lipinski definition) is 3. The van der Waals surface area contributed by atoms with Gasteiger partial charge in [0.15, 0.2) is 0 Å². The highest BCUT2D eigenvalue weighted by atomic mass is 35.5. The Morgan fingerprint density at radius 1 is 1.53 bits per heavy atom. The first-order valence-corrected chi connectivity index (χ1v) is 6.88. The van der Waals surface area contributed by atoms with Gasteiger partial charge in [-0.3, -0.25) is 9.00 Å². The van der Waals surface area contributed by atoms with Gasteiger partial charge in [-0.15, -0.1) is 0 Å². The molecule has 1 aromatic carbocycles. The lowest BCUT2D eigenvalue weighted by atomic mass is 10.3. The molecule has 0 bridgehead atoms. The number of nitrogens with one attached hydrogen (secondary N) is 1. The van der Waals surface area contributed by atoms with Crippen molar-refractivity contribution < 1.29 is 9.00 Å². The molecule has 17 heavy (non-hydrogen) atoms. The second kappa shape index (κ2) is 6.02. The molecule has 3 N–H and O–H groups in total. The molecule has 0 spiro atoms. The Hall–Kier alpha value is -1.07. The van der Waals surface area contributed by atoms with E-state index in [-0.39, 0.29) is 16.9 Å². The Morgan fingerprint density at radius 2 is 2.18 bits per heavy atom. The minimum atomic E-state index is -1.17. The van der Waals surface area contributed by atoms with Crippen molar-refractivity contribution in [3.05, 3.63) is 23.2 Å². The van der Waals surface area contributed by atoms with Crippen LogP contribution in [-0.2, 0) is 15.6 Å². The smallest absolute Gasteiger partial charge is 0.237 e. The molecule has 0 fully saturated rings. The SMILES string of the molecule is CC(C)S(=O)CC(=O)Nc1ccc(N)cc1Cl. The Bertz CT molecular complexity index is 449. The molecular formula is C11H15ClN2O2S. The molecule has 1 amide bonds. The molecule has 0 heterocycles. The summed E-state index contributed by atoms with van der Waals surface area (Å²) in [5, 5.41) is 2.93. The number of amides is 1. The summed E-state index contributed by atoms with van der Waals surface area (Å²) in [6.07, 6.45) is 0. The van der Waals surface area contributed by atoms with Crippen molar-refractivity contribution in [2.75, 3.05) is 16.8 Å². The molecule has 1 aromatic rings. The average molecular weight is 275 g/mol. The summed E-state index contributed by atoms with van der Waals surface area (Å²) < 4.78 is 11.5. The van der Waals surface area contributed by atoms with Crippen LogP contribution in [-0.4, -0.2) is 21.1 Å². The van der Waals surface area contributed by atoms with Gasteiger partial charge in [-0.1, -0.05) is 25.4 Å². The summed E-state index contributed by atoms with van der Waals surface area (Å²) >= 11 is 5.90. The van der Waals surface area contributed by atoms with E-state index >= 15 is 0 Å². The topological polar surface area (TPSA) is 72.2 Å². The number of benzene rings is 1. The first-order chi connectivity index (χ1) is 7.90. The number of rotatable bonds is 4. The van der Waals surface area contributed by atoms with Crippen molar-refractivity contribution in [1.82, 2.24) is 0 Å². The quantitative estimate of drug-likeness (QED) is 0.825. The van der Waals surface area contributed by atoms with Crippen molar-refractivity contribution in [2.24, 2.45) is 0 Å². The molecule has 0 aliphatic rings. The van der Waals surface area contributed by atoms with Gasteiger partial charge in [0.1, 0.15) is 5.75 Å². The molecule has 6 heteroatoms. The molecule has 0 saturated carbocycles. The first-order valence-electron chi connectivity index (χ1n) is 5.12. The molecule has 0 radical (unpaired) electrons. The van der Waals surface area contributed by atoms with E-state index in [1.807, 2.05) is 0 Å². The van der Waals surface area contributed by atoms with Gasteiger partial charge in [0.25, 0.3) is 0 Å². The number of nitrogens with two attached hydrogens (primary N) is 1. The lowest BCUT2D eigenvalue weighted by Gasteiger charge is -2.09. The lowest BCUT2D eigenvalue weighted by molar-refractivity contribution is -0.113. The fourth-order valence-electron chi connectivity index (χ4n) is 1.11. The van der Waals surface area contributed by atoms with Crippen LogP contribution < -0.4 is 11.1 Å². The highest BCUT2D eigenvalue weighted by Gasteiger charge is 2.12. The third-order valence-electron chi connectivity index (χ3n) is 2.07. The van der Waals surface area contributed by atoms with E-state index in [1.165, 1.54) is 0 Å². The van der Waals surface area contributed by atoms with Crippen LogP contribution in [0.4, 0.5) is 11.4 Å². The minimum absolute atomic E-state index is 0.0294. The highest BCUT2D eigenvalue weighted by molar-refractivity contribution is 7.86. The maximum Gasteiger partial charge on any atom is 0.237 e. The average Bonchev–Trinajstić information content (AvgIpc) is 2.22. The molecule has 1 atom stereocenters.